The van der Waals surface area contributed by atoms with Gasteiger partial charge in [0.25, 0.3) is 0 Å². The fraction of sp³-hybridized carbons (Fsp3) is 0.700. The van der Waals surface area contributed by atoms with Crippen LogP contribution in [0.2, 0.25) is 0 Å². The lowest BCUT2D eigenvalue weighted by molar-refractivity contribution is 0.568. The highest BCUT2D eigenvalue weighted by molar-refractivity contribution is 7.81. The van der Waals surface area contributed by atoms with E-state index < -0.39 is 0 Å². The minimum Gasteiger partial charge on any atom is -0.363 e. The summed E-state index contributed by atoms with van der Waals surface area (Å²) in [6.45, 7) is 5.14. The van der Waals surface area contributed by atoms with Gasteiger partial charge in [0.1, 0.15) is 0 Å². The van der Waals surface area contributed by atoms with Crippen molar-refractivity contribution >= 4 is 18.3 Å². The molecule has 2 N–H and O–H groups in total. The van der Waals surface area contributed by atoms with E-state index in [1.807, 2.05) is 0 Å². The molecule has 0 saturated carbocycles. The molecule has 0 aromatic heterocycles. The summed E-state index contributed by atoms with van der Waals surface area (Å²) in [7, 11) is 2.13. The molecule has 1 unspecified atom stereocenters. The number of hydrogen-bond donors (Lipinski definition) is 2. The van der Waals surface area contributed by atoms with Crippen molar-refractivity contribution in [1.29, 1.82) is 0 Å². The summed E-state index contributed by atoms with van der Waals surface area (Å²) in [5.41, 5.74) is 6.28. The van der Waals surface area contributed by atoms with Crippen molar-refractivity contribution in [3.8, 4) is 0 Å². The zero-order valence-electron chi connectivity index (χ0n) is 15.5. The van der Waals surface area contributed by atoms with Crippen LogP contribution in [0.3, 0.4) is 0 Å². The molecule has 0 aliphatic heterocycles. The Hall–Kier alpha value is -0.670. The van der Waals surface area contributed by atoms with Crippen LogP contribution in [-0.4, -0.2) is 19.0 Å². The van der Waals surface area contributed by atoms with Crippen LogP contribution in [0.1, 0.15) is 71.6 Å². The topological polar surface area (TPSA) is 29.3 Å². The molecule has 1 rings (SSSR count). The molecule has 0 bridgehead atoms. The second-order valence-corrected chi connectivity index (χ2v) is 6.72. The zero-order valence-corrected chi connectivity index (χ0v) is 16.4. The number of nitrogens with two attached hydrogens (primary N) is 1. The number of nitrogens with zero attached hydrogens (tertiary/aromatic N) is 1. The SMILES string of the molecule is CCCCCCCCCC(S)N(C)c1ccccc1.CCCN. The van der Waals surface area contributed by atoms with Crippen LogP contribution in [0.5, 0.6) is 0 Å². The van der Waals surface area contributed by atoms with Gasteiger partial charge in [0.05, 0.1) is 5.37 Å². The summed E-state index contributed by atoms with van der Waals surface area (Å²) in [6, 6.07) is 10.5. The molecule has 0 spiro atoms. The summed E-state index contributed by atoms with van der Waals surface area (Å²) < 4.78 is 0. The summed E-state index contributed by atoms with van der Waals surface area (Å²) >= 11 is 4.72. The van der Waals surface area contributed by atoms with Crippen LogP contribution in [0.15, 0.2) is 30.3 Å². The second-order valence-electron chi connectivity index (χ2n) is 6.13. The van der Waals surface area contributed by atoms with Crippen LogP contribution >= 0.6 is 12.6 Å². The van der Waals surface area contributed by atoms with Gasteiger partial charge in [-0.25, -0.2) is 0 Å². The number of anilines is 1. The van der Waals surface area contributed by atoms with Gasteiger partial charge < -0.3 is 10.6 Å². The fourth-order valence-electron chi connectivity index (χ4n) is 2.31. The van der Waals surface area contributed by atoms with E-state index >= 15 is 0 Å². The maximum atomic E-state index is 5.03. The Labute approximate surface area is 150 Å². The highest BCUT2D eigenvalue weighted by Crippen LogP contribution is 2.20. The zero-order chi connectivity index (χ0) is 17.3. The fourth-order valence-corrected chi connectivity index (χ4v) is 2.63. The van der Waals surface area contributed by atoms with Gasteiger partial charge in [-0.3, -0.25) is 0 Å². The molecule has 0 amide bonds. The van der Waals surface area contributed by atoms with Gasteiger partial charge in [-0.05, 0) is 31.5 Å². The molecule has 1 atom stereocenters. The van der Waals surface area contributed by atoms with E-state index in [0.29, 0.717) is 5.37 Å². The van der Waals surface area contributed by atoms with Crippen molar-refractivity contribution in [3.63, 3.8) is 0 Å². The van der Waals surface area contributed by atoms with Crippen molar-refractivity contribution in [1.82, 2.24) is 0 Å². The Bertz CT molecular complexity index is 341. The first kappa shape index (κ1) is 22.3. The monoisotopic (exact) mass is 338 g/mol. The number of para-hydroxylation sites is 1. The normalized spacial score (nSPS) is 11.5. The van der Waals surface area contributed by atoms with E-state index in [-0.39, 0.29) is 0 Å². The number of hydrogen-bond acceptors (Lipinski definition) is 3. The Kier molecular flexibility index (Phi) is 15.7. The van der Waals surface area contributed by atoms with Crippen LogP contribution in [0.25, 0.3) is 0 Å². The average molecular weight is 339 g/mol. The largest absolute Gasteiger partial charge is 0.363 e. The number of unbranched alkanes of at least 4 members (excludes halogenated alkanes) is 6. The first-order valence-corrected chi connectivity index (χ1v) is 9.85. The molecular weight excluding hydrogens is 300 g/mol. The Balaban J connectivity index is 0.00000108. The van der Waals surface area contributed by atoms with Gasteiger partial charge in [-0.2, -0.15) is 12.6 Å². The molecule has 0 radical (unpaired) electrons. The quantitative estimate of drug-likeness (QED) is 0.300. The van der Waals surface area contributed by atoms with E-state index in [0.717, 1.165) is 13.0 Å². The predicted molar refractivity (Wildman–Crippen MR) is 110 cm³/mol. The summed E-state index contributed by atoms with van der Waals surface area (Å²) in [5, 5.41) is 0.332. The summed E-state index contributed by atoms with van der Waals surface area (Å²) in [5.74, 6) is 0. The van der Waals surface area contributed by atoms with Crippen LogP contribution < -0.4 is 10.6 Å². The third-order valence-corrected chi connectivity index (χ3v) is 4.57. The molecule has 0 saturated heterocycles. The molecule has 2 nitrogen and oxygen atoms in total. The standard InChI is InChI=1S/C17H29NS.C3H9N/c1-3-4-5-6-7-8-12-15-17(19)18(2)16-13-10-9-11-14-16;1-2-3-4/h9-11,13-14,17,19H,3-8,12,15H2,1-2H3;2-4H2,1H3. The maximum absolute atomic E-state index is 5.03. The van der Waals surface area contributed by atoms with Gasteiger partial charge in [0, 0.05) is 12.7 Å². The minimum atomic E-state index is 0.332. The van der Waals surface area contributed by atoms with Gasteiger partial charge in [0.2, 0.25) is 0 Å². The third-order valence-electron chi connectivity index (χ3n) is 3.97. The Morgan fingerprint density at radius 3 is 1.96 bits per heavy atom. The molecule has 0 aliphatic carbocycles. The molecule has 0 aliphatic rings. The molecule has 134 valence electrons. The first-order valence-electron chi connectivity index (χ1n) is 9.33. The highest BCUT2D eigenvalue weighted by atomic mass is 32.1. The smallest absolute Gasteiger partial charge is 0.0718 e. The molecule has 0 heterocycles. The maximum Gasteiger partial charge on any atom is 0.0718 e. The van der Waals surface area contributed by atoms with Gasteiger partial charge in [-0.1, -0.05) is 77.0 Å². The predicted octanol–water partition coefficient (Wildman–Crippen LogP) is 5.87. The van der Waals surface area contributed by atoms with Crippen molar-refractivity contribution in [3.05, 3.63) is 30.3 Å². The first-order chi connectivity index (χ1) is 11.2. The third kappa shape index (κ3) is 12.4. The molecule has 0 fully saturated rings. The van der Waals surface area contributed by atoms with Gasteiger partial charge >= 0.3 is 0 Å². The van der Waals surface area contributed by atoms with E-state index in [2.05, 4.69) is 56.1 Å². The average Bonchev–Trinajstić information content (AvgIpc) is 2.61. The summed E-state index contributed by atoms with van der Waals surface area (Å²) in [4.78, 5) is 2.26. The molecule has 1 aromatic rings. The Morgan fingerprint density at radius 1 is 0.913 bits per heavy atom. The van der Waals surface area contributed by atoms with Crippen molar-refractivity contribution in [2.24, 2.45) is 5.73 Å². The molecular formula is C20H38N2S. The minimum absolute atomic E-state index is 0.332. The van der Waals surface area contributed by atoms with Crippen LogP contribution in [0, 0.1) is 0 Å². The van der Waals surface area contributed by atoms with Crippen molar-refractivity contribution in [2.45, 2.75) is 77.0 Å². The van der Waals surface area contributed by atoms with Crippen molar-refractivity contribution in [2.75, 3.05) is 18.5 Å². The number of rotatable bonds is 11. The number of benzene rings is 1. The lowest BCUT2D eigenvalue weighted by Gasteiger charge is -2.26. The second kappa shape index (κ2) is 16.2. The Morgan fingerprint density at radius 2 is 1.43 bits per heavy atom. The van der Waals surface area contributed by atoms with Crippen LogP contribution in [-0.2, 0) is 0 Å². The molecule has 3 heteroatoms. The summed E-state index contributed by atoms with van der Waals surface area (Å²) in [6.07, 6.45) is 11.8. The lowest BCUT2D eigenvalue weighted by atomic mass is 10.1. The van der Waals surface area contributed by atoms with E-state index in [1.165, 1.54) is 57.1 Å². The highest BCUT2D eigenvalue weighted by Gasteiger charge is 2.09. The van der Waals surface area contributed by atoms with Crippen molar-refractivity contribution < 1.29 is 0 Å². The number of thiol groups is 1. The van der Waals surface area contributed by atoms with Crippen LogP contribution in [0.4, 0.5) is 5.69 Å². The van der Waals surface area contributed by atoms with E-state index in [9.17, 15) is 0 Å². The lowest BCUT2D eigenvalue weighted by Crippen LogP contribution is -2.26. The molecule has 1 aromatic carbocycles. The van der Waals surface area contributed by atoms with E-state index in [1.54, 1.807) is 0 Å². The molecule has 23 heavy (non-hydrogen) atoms. The van der Waals surface area contributed by atoms with Gasteiger partial charge in [0.15, 0.2) is 0 Å². The van der Waals surface area contributed by atoms with Gasteiger partial charge in [-0.15, -0.1) is 0 Å². The van der Waals surface area contributed by atoms with E-state index in [4.69, 9.17) is 18.4 Å².